The molecule has 0 amide bonds. The molecule has 0 unspecified atom stereocenters. The minimum atomic E-state index is -4.63. The summed E-state index contributed by atoms with van der Waals surface area (Å²) in [6, 6.07) is 1.40. The van der Waals surface area contributed by atoms with Crippen LogP contribution >= 0.6 is 0 Å². The number of halogens is 3. The molecule has 0 bridgehead atoms. The average Bonchev–Trinajstić information content (AvgIpc) is 3.25. The number of aromatic nitrogens is 1. The van der Waals surface area contributed by atoms with E-state index in [2.05, 4.69) is 5.16 Å². The molecule has 3 rings (SSSR count). The molecule has 1 N–H and O–H groups in total. The molecule has 0 saturated heterocycles. The topological polar surface area (TPSA) is 72.6 Å². The number of aliphatic carboxylic acids is 1. The molecular formula is C20H24F3NO4. The number of hydrogen-bond acceptors (Lipinski definition) is 4. The maximum atomic E-state index is 13.3. The number of alkyl halides is 3. The van der Waals surface area contributed by atoms with Crippen LogP contribution in [0.1, 0.15) is 69.2 Å². The fourth-order valence-corrected chi connectivity index (χ4v) is 3.95. The molecule has 1 aromatic carbocycles. The van der Waals surface area contributed by atoms with Gasteiger partial charge in [-0.3, -0.25) is 0 Å². The Hall–Kier alpha value is -2.25. The van der Waals surface area contributed by atoms with Crippen molar-refractivity contribution in [2.75, 3.05) is 0 Å². The zero-order chi connectivity index (χ0) is 20.5. The lowest BCUT2D eigenvalue weighted by molar-refractivity contribution is -0.154. The van der Waals surface area contributed by atoms with Crippen LogP contribution in [0.3, 0.4) is 0 Å². The normalized spacial score (nSPS) is 16.6. The van der Waals surface area contributed by atoms with Gasteiger partial charge < -0.3 is 14.4 Å². The highest BCUT2D eigenvalue weighted by Crippen LogP contribution is 2.43. The lowest BCUT2D eigenvalue weighted by Gasteiger charge is -2.28. The number of fused-ring (bicyclic) bond motifs is 1. The van der Waals surface area contributed by atoms with Crippen molar-refractivity contribution >= 4 is 16.9 Å². The summed E-state index contributed by atoms with van der Waals surface area (Å²) in [5.41, 5.74) is -1.33. The Kier molecular flexibility index (Phi) is 5.59. The van der Waals surface area contributed by atoms with Crippen LogP contribution in [0.5, 0.6) is 5.75 Å². The summed E-state index contributed by atoms with van der Waals surface area (Å²) in [5.74, 6) is -0.686. The Bertz CT molecular complexity index is 866. The number of aryl methyl sites for hydroxylation is 2. The first-order valence-electron chi connectivity index (χ1n) is 9.67. The number of carboxylic acids is 1. The number of carbonyl (C=O) groups is 1. The molecule has 1 saturated carbocycles. The van der Waals surface area contributed by atoms with Gasteiger partial charge in [0, 0.05) is 5.56 Å². The van der Waals surface area contributed by atoms with Gasteiger partial charge in [-0.1, -0.05) is 31.8 Å². The first kappa shape index (κ1) is 20.5. The molecular weight excluding hydrogens is 375 g/mol. The predicted molar refractivity (Wildman–Crippen MR) is 96.5 cm³/mol. The number of ether oxygens (including phenoxy) is 1. The lowest BCUT2D eigenvalue weighted by atomic mass is 9.96. The number of hydrogen-bond donors (Lipinski definition) is 1. The molecule has 8 heteroatoms. The molecule has 154 valence electrons. The molecule has 1 heterocycles. The van der Waals surface area contributed by atoms with E-state index < -0.39 is 23.4 Å². The third-order valence-corrected chi connectivity index (χ3v) is 5.27. The van der Waals surface area contributed by atoms with Crippen molar-refractivity contribution in [1.82, 2.24) is 5.16 Å². The van der Waals surface area contributed by atoms with Crippen LogP contribution in [-0.4, -0.2) is 21.8 Å². The summed E-state index contributed by atoms with van der Waals surface area (Å²) in [6.45, 7) is 3.81. The molecule has 2 aromatic rings. The second-order valence-corrected chi connectivity index (χ2v) is 7.36. The second kappa shape index (κ2) is 7.64. The quantitative estimate of drug-likeness (QED) is 0.663. The Morgan fingerprint density at radius 3 is 2.43 bits per heavy atom. The predicted octanol–water partition coefficient (Wildman–Crippen LogP) is 5.53. The van der Waals surface area contributed by atoms with Crippen LogP contribution in [0.15, 0.2) is 10.6 Å². The third kappa shape index (κ3) is 3.56. The van der Waals surface area contributed by atoms with E-state index in [1.807, 2.05) is 13.8 Å². The summed E-state index contributed by atoms with van der Waals surface area (Å²) in [5, 5.41) is 13.0. The second-order valence-electron chi connectivity index (χ2n) is 7.36. The first-order valence-corrected chi connectivity index (χ1v) is 9.67. The van der Waals surface area contributed by atoms with Crippen molar-refractivity contribution in [3.05, 3.63) is 22.9 Å². The summed E-state index contributed by atoms with van der Waals surface area (Å²) in [6.07, 6.45) is -0.199. The number of rotatable bonds is 7. The van der Waals surface area contributed by atoms with Crippen molar-refractivity contribution in [2.24, 2.45) is 0 Å². The van der Waals surface area contributed by atoms with Crippen LogP contribution in [0, 0.1) is 0 Å². The van der Waals surface area contributed by atoms with Gasteiger partial charge in [0.2, 0.25) is 5.60 Å². The molecule has 28 heavy (non-hydrogen) atoms. The summed E-state index contributed by atoms with van der Waals surface area (Å²) in [4.78, 5) is 12.0. The van der Waals surface area contributed by atoms with Crippen molar-refractivity contribution in [3.63, 3.8) is 0 Å². The van der Waals surface area contributed by atoms with E-state index in [0.717, 1.165) is 12.8 Å². The standard InChI is InChI=1S/C20H24F3NO4/c1-3-7-12-11-14-16(28-24-17(14)20(21,22)23)13(8-4-2)15(12)27-19(18(25)26)9-5-6-10-19/h11H,3-10H2,1-2H3,(H,25,26). The Morgan fingerprint density at radius 2 is 1.89 bits per heavy atom. The van der Waals surface area contributed by atoms with Crippen LogP contribution < -0.4 is 4.74 Å². The highest BCUT2D eigenvalue weighted by Gasteiger charge is 2.45. The Balaban J connectivity index is 2.23. The largest absolute Gasteiger partial charge is 0.478 e. The van der Waals surface area contributed by atoms with Gasteiger partial charge in [0.25, 0.3) is 0 Å². The monoisotopic (exact) mass is 399 g/mol. The molecule has 1 aromatic heterocycles. The van der Waals surface area contributed by atoms with Crippen LogP contribution in [0.25, 0.3) is 11.0 Å². The molecule has 0 aliphatic heterocycles. The minimum Gasteiger partial charge on any atom is -0.478 e. The Labute approximate surface area is 160 Å². The van der Waals surface area contributed by atoms with Gasteiger partial charge in [-0.25, -0.2) is 4.79 Å². The summed E-state index contributed by atoms with van der Waals surface area (Å²) in [7, 11) is 0. The van der Waals surface area contributed by atoms with E-state index in [1.165, 1.54) is 6.07 Å². The maximum Gasteiger partial charge on any atom is 0.437 e. The van der Waals surface area contributed by atoms with Gasteiger partial charge in [-0.2, -0.15) is 13.2 Å². The zero-order valence-corrected chi connectivity index (χ0v) is 16.0. The van der Waals surface area contributed by atoms with Crippen molar-refractivity contribution < 1.29 is 32.3 Å². The van der Waals surface area contributed by atoms with Gasteiger partial charge in [0.15, 0.2) is 11.3 Å². The maximum absolute atomic E-state index is 13.3. The van der Waals surface area contributed by atoms with E-state index in [9.17, 15) is 23.1 Å². The summed E-state index contributed by atoms with van der Waals surface area (Å²) >= 11 is 0. The van der Waals surface area contributed by atoms with Crippen molar-refractivity contribution in [2.45, 2.75) is 77.0 Å². The number of benzene rings is 1. The molecule has 1 aliphatic rings. The average molecular weight is 399 g/mol. The highest BCUT2D eigenvalue weighted by atomic mass is 19.4. The number of carboxylic acid groups (broad SMARTS) is 1. The highest BCUT2D eigenvalue weighted by molar-refractivity contribution is 5.87. The molecule has 1 fully saturated rings. The van der Waals surface area contributed by atoms with E-state index in [0.29, 0.717) is 55.4 Å². The molecule has 0 spiro atoms. The summed E-state index contributed by atoms with van der Waals surface area (Å²) < 4.78 is 51.3. The minimum absolute atomic E-state index is 0.0302. The Morgan fingerprint density at radius 1 is 1.25 bits per heavy atom. The van der Waals surface area contributed by atoms with Gasteiger partial charge in [-0.05, 0) is 50.2 Å². The van der Waals surface area contributed by atoms with E-state index in [-0.39, 0.29) is 11.0 Å². The lowest BCUT2D eigenvalue weighted by Crippen LogP contribution is -2.42. The fourth-order valence-electron chi connectivity index (χ4n) is 3.95. The molecule has 5 nitrogen and oxygen atoms in total. The van der Waals surface area contributed by atoms with E-state index in [4.69, 9.17) is 9.26 Å². The first-order chi connectivity index (χ1) is 13.2. The van der Waals surface area contributed by atoms with Crippen molar-refractivity contribution in [1.29, 1.82) is 0 Å². The van der Waals surface area contributed by atoms with Gasteiger partial charge in [0.05, 0.1) is 5.39 Å². The fraction of sp³-hybridized carbons (Fsp3) is 0.600. The molecule has 0 radical (unpaired) electrons. The van der Waals surface area contributed by atoms with E-state index >= 15 is 0 Å². The van der Waals surface area contributed by atoms with Crippen LogP contribution in [0.4, 0.5) is 13.2 Å². The van der Waals surface area contributed by atoms with E-state index in [1.54, 1.807) is 0 Å². The molecule has 1 aliphatic carbocycles. The third-order valence-electron chi connectivity index (χ3n) is 5.27. The number of nitrogens with zero attached hydrogens (tertiary/aromatic N) is 1. The van der Waals surface area contributed by atoms with Gasteiger partial charge in [0.1, 0.15) is 5.75 Å². The SMILES string of the molecule is CCCc1cc2c(C(F)(F)F)noc2c(CCC)c1OC1(C(=O)O)CCCC1. The molecule has 0 atom stereocenters. The van der Waals surface area contributed by atoms with Crippen molar-refractivity contribution in [3.8, 4) is 5.75 Å². The van der Waals surface area contributed by atoms with Crippen LogP contribution in [-0.2, 0) is 23.8 Å². The van der Waals surface area contributed by atoms with Gasteiger partial charge >= 0.3 is 12.1 Å². The zero-order valence-electron chi connectivity index (χ0n) is 16.0. The smallest absolute Gasteiger partial charge is 0.437 e. The van der Waals surface area contributed by atoms with Crippen LogP contribution in [0.2, 0.25) is 0 Å². The van der Waals surface area contributed by atoms with Gasteiger partial charge in [-0.15, -0.1) is 0 Å².